The molecule has 1 N–H and O–H groups in total. The number of hydrogen-bond acceptors (Lipinski definition) is 2. The van der Waals surface area contributed by atoms with Crippen molar-refractivity contribution in [3.63, 3.8) is 0 Å². The quantitative estimate of drug-likeness (QED) is 0.844. The second-order valence-electron chi connectivity index (χ2n) is 5.76. The Bertz CT molecular complexity index is 373. The molecule has 0 amide bonds. The first kappa shape index (κ1) is 14.4. The smallest absolute Gasteiger partial charge is 0.118 e. The first-order valence-electron chi connectivity index (χ1n) is 7.61. The van der Waals surface area contributed by atoms with Gasteiger partial charge in [0.1, 0.15) is 5.75 Å². The van der Waals surface area contributed by atoms with Crippen molar-refractivity contribution in [3.05, 3.63) is 29.8 Å². The van der Waals surface area contributed by atoms with E-state index in [1.54, 1.807) is 7.11 Å². The molecule has 0 spiro atoms. The van der Waals surface area contributed by atoms with E-state index in [9.17, 15) is 0 Å². The van der Waals surface area contributed by atoms with Crippen molar-refractivity contribution in [1.29, 1.82) is 0 Å². The fourth-order valence-corrected chi connectivity index (χ4v) is 3.31. The third-order valence-corrected chi connectivity index (χ3v) is 4.73. The van der Waals surface area contributed by atoms with Gasteiger partial charge in [0.25, 0.3) is 0 Å². The predicted octanol–water partition coefficient (Wildman–Crippen LogP) is 3.65. The number of benzene rings is 1. The van der Waals surface area contributed by atoms with Crippen molar-refractivity contribution in [3.8, 4) is 5.75 Å². The molecule has 1 fully saturated rings. The van der Waals surface area contributed by atoms with Crippen LogP contribution in [0.1, 0.15) is 38.7 Å². The Morgan fingerprint density at radius 3 is 2.53 bits per heavy atom. The van der Waals surface area contributed by atoms with Gasteiger partial charge in [0, 0.05) is 6.04 Å². The van der Waals surface area contributed by atoms with Gasteiger partial charge in [-0.15, -0.1) is 0 Å². The van der Waals surface area contributed by atoms with E-state index in [4.69, 9.17) is 4.74 Å². The summed E-state index contributed by atoms with van der Waals surface area (Å²) in [6.45, 7) is 5.81. The highest BCUT2D eigenvalue weighted by molar-refractivity contribution is 5.27. The van der Waals surface area contributed by atoms with Crippen LogP contribution in [0.4, 0.5) is 0 Å². The summed E-state index contributed by atoms with van der Waals surface area (Å²) in [5.41, 5.74) is 1.38. The highest BCUT2D eigenvalue weighted by Crippen LogP contribution is 2.33. The molecule has 0 aliphatic heterocycles. The van der Waals surface area contributed by atoms with E-state index in [-0.39, 0.29) is 0 Å². The van der Waals surface area contributed by atoms with Gasteiger partial charge in [-0.25, -0.2) is 0 Å². The summed E-state index contributed by atoms with van der Waals surface area (Å²) in [7, 11) is 1.71. The van der Waals surface area contributed by atoms with Gasteiger partial charge in [-0.3, -0.25) is 0 Å². The zero-order valence-corrected chi connectivity index (χ0v) is 12.5. The Hall–Kier alpha value is -1.02. The minimum absolute atomic E-state index is 0.725. The van der Waals surface area contributed by atoms with E-state index in [1.165, 1.54) is 24.8 Å². The largest absolute Gasteiger partial charge is 0.497 e. The fraction of sp³-hybridized carbons (Fsp3) is 0.647. The number of nitrogens with one attached hydrogen (secondary N) is 1. The highest BCUT2D eigenvalue weighted by atomic mass is 16.5. The van der Waals surface area contributed by atoms with E-state index in [0.29, 0.717) is 0 Å². The maximum absolute atomic E-state index is 5.18. The topological polar surface area (TPSA) is 21.3 Å². The Kier molecular flexibility index (Phi) is 5.26. The lowest BCUT2D eigenvalue weighted by Crippen LogP contribution is -2.34. The van der Waals surface area contributed by atoms with Gasteiger partial charge in [-0.05, 0) is 55.3 Å². The minimum Gasteiger partial charge on any atom is -0.497 e. The van der Waals surface area contributed by atoms with Crippen molar-refractivity contribution in [2.75, 3.05) is 13.7 Å². The highest BCUT2D eigenvalue weighted by Gasteiger charge is 2.30. The lowest BCUT2D eigenvalue weighted by Gasteiger charge is -2.21. The molecule has 1 aliphatic carbocycles. The average Bonchev–Trinajstić information content (AvgIpc) is 2.80. The maximum Gasteiger partial charge on any atom is 0.118 e. The van der Waals surface area contributed by atoms with E-state index >= 15 is 0 Å². The van der Waals surface area contributed by atoms with E-state index in [0.717, 1.165) is 36.6 Å². The lowest BCUT2D eigenvalue weighted by atomic mass is 9.93. The van der Waals surface area contributed by atoms with E-state index in [1.807, 2.05) is 12.1 Å². The van der Waals surface area contributed by atoms with Gasteiger partial charge in [-0.1, -0.05) is 32.4 Å². The molecule has 3 atom stereocenters. The van der Waals surface area contributed by atoms with Gasteiger partial charge in [0.2, 0.25) is 0 Å². The molecule has 1 aliphatic rings. The summed E-state index contributed by atoms with van der Waals surface area (Å²) in [4.78, 5) is 0. The van der Waals surface area contributed by atoms with Crippen LogP contribution in [-0.2, 0) is 6.42 Å². The minimum atomic E-state index is 0.725. The van der Waals surface area contributed by atoms with Crippen LogP contribution in [0.2, 0.25) is 0 Å². The van der Waals surface area contributed by atoms with Crippen LogP contribution in [0.25, 0.3) is 0 Å². The molecule has 2 nitrogen and oxygen atoms in total. The lowest BCUT2D eigenvalue weighted by molar-refractivity contribution is 0.346. The van der Waals surface area contributed by atoms with Crippen molar-refractivity contribution in [2.24, 2.45) is 11.8 Å². The summed E-state index contributed by atoms with van der Waals surface area (Å²) in [5, 5.41) is 3.74. The molecule has 2 rings (SSSR count). The first-order chi connectivity index (χ1) is 9.24. The molecule has 2 heteroatoms. The molecule has 0 saturated heterocycles. The summed E-state index contributed by atoms with van der Waals surface area (Å²) < 4.78 is 5.18. The first-order valence-corrected chi connectivity index (χ1v) is 7.61. The second-order valence-corrected chi connectivity index (χ2v) is 5.76. The zero-order valence-electron chi connectivity index (χ0n) is 12.5. The number of ether oxygens (including phenoxy) is 1. The monoisotopic (exact) mass is 261 g/mol. The average molecular weight is 261 g/mol. The Morgan fingerprint density at radius 1 is 1.21 bits per heavy atom. The third-order valence-electron chi connectivity index (χ3n) is 4.73. The maximum atomic E-state index is 5.18. The molecule has 3 unspecified atom stereocenters. The number of rotatable bonds is 6. The summed E-state index contributed by atoms with van der Waals surface area (Å²) >= 11 is 0. The molecular weight excluding hydrogens is 234 g/mol. The number of hydrogen-bond donors (Lipinski definition) is 1. The molecule has 0 heterocycles. The summed E-state index contributed by atoms with van der Waals surface area (Å²) in [6, 6.07) is 9.13. The Balaban J connectivity index is 1.74. The van der Waals surface area contributed by atoms with Crippen LogP contribution in [0.5, 0.6) is 5.75 Å². The standard InChI is InChI=1S/C17H27NO/c1-4-15-7-10-17(13(15)2)18-12-11-14-5-8-16(19-3)9-6-14/h5-6,8-9,13,15,17-18H,4,7,10-12H2,1-3H3. The van der Waals surface area contributed by atoms with E-state index in [2.05, 4.69) is 31.3 Å². The van der Waals surface area contributed by atoms with Gasteiger partial charge >= 0.3 is 0 Å². The molecule has 0 radical (unpaired) electrons. The van der Waals surface area contributed by atoms with Crippen LogP contribution in [0, 0.1) is 11.8 Å². The fourth-order valence-electron chi connectivity index (χ4n) is 3.31. The summed E-state index contributed by atoms with van der Waals surface area (Å²) in [6.07, 6.45) is 5.18. The molecular formula is C17H27NO. The summed E-state index contributed by atoms with van der Waals surface area (Å²) in [5.74, 6) is 2.70. The van der Waals surface area contributed by atoms with Crippen molar-refractivity contribution >= 4 is 0 Å². The second kappa shape index (κ2) is 6.95. The molecule has 106 valence electrons. The Labute approximate surface area is 117 Å². The molecule has 0 bridgehead atoms. The van der Waals surface area contributed by atoms with Crippen molar-refractivity contribution < 1.29 is 4.74 Å². The van der Waals surface area contributed by atoms with Crippen LogP contribution in [-0.4, -0.2) is 19.7 Å². The van der Waals surface area contributed by atoms with Crippen LogP contribution in [0.3, 0.4) is 0 Å². The molecule has 1 saturated carbocycles. The number of methoxy groups -OCH3 is 1. The molecule has 19 heavy (non-hydrogen) atoms. The van der Waals surface area contributed by atoms with Gasteiger partial charge in [0.15, 0.2) is 0 Å². The Morgan fingerprint density at radius 2 is 1.95 bits per heavy atom. The zero-order chi connectivity index (χ0) is 13.7. The van der Waals surface area contributed by atoms with E-state index < -0.39 is 0 Å². The van der Waals surface area contributed by atoms with Crippen molar-refractivity contribution in [2.45, 2.75) is 45.6 Å². The SMILES string of the molecule is CCC1CCC(NCCc2ccc(OC)cc2)C1C. The molecule has 1 aromatic rings. The third kappa shape index (κ3) is 3.73. The van der Waals surface area contributed by atoms with Crippen LogP contribution >= 0.6 is 0 Å². The predicted molar refractivity (Wildman–Crippen MR) is 80.7 cm³/mol. The molecule has 0 aromatic heterocycles. The van der Waals surface area contributed by atoms with Gasteiger partial charge in [-0.2, -0.15) is 0 Å². The molecule has 1 aromatic carbocycles. The normalized spacial score (nSPS) is 26.6. The van der Waals surface area contributed by atoms with Crippen molar-refractivity contribution in [1.82, 2.24) is 5.32 Å². The van der Waals surface area contributed by atoms with Crippen LogP contribution < -0.4 is 10.1 Å². The van der Waals surface area contributed by atoms with Gasteiger partial charge in [0.05, 0.1) is 7.11 Å². The van der Waals surface area contributed by atoms with Gasteiger partial charge < -0.3 is 10.1 Å². The van der Waals surface area contributed by atoms with Crippen LogP contribution in [0.15, 0.2) is 24.3 Å².